The summed E-state index contributed by atoms with van der Waals surface area (Å²) in [5.74, 6) is 0.515. The van der Waals surface area contributed by atoms with Crippen LogP contribution in [0.1, 0.15) is 49.4 Å². The molecule has 0 aliphatic carbocycles. The van der Waals surface area contributed by atoms with Crippen LogP contribution < -0.4 is 15.8 Å². The minimum atomic E-state index is -1.36. The average Bonchev–Trinajstić information content (AvgIpc) is 3.47. The summed E-state index contributed by atoms with van der Waals surface area (Å²) in [7, 11) is 0. The van der Waals surface area contributed by atoms with Gasteiger partial charge in [-0.1, -0.05) is 30.3 Å². The number of amides is 1. The number of aliphatic hydroxyl groups is 3. The van der Waals surface area contributed by atoms with E-state index in [1.165, 1.54) is 0 Å². The van der Waals surface area contributed by atoms with E-state index in [-0.39, 0.29) is 56.9 Å². The summed E-state index contributed by atoms with van der Waals surface area (Å²) in [6, 6.07) is 15.0. The third-order valence-electron chi connectivity index (χ3n) is 11.6. The number of carbonyl (C=O) groups excluding carboxylic acids is 3. The smallest absolute Gasteiger partial charge is 0.222 e. The van der Waals surface area contributed by atoms with Crippen LogP contribution in [0.15, 0.2) is 48.5 Å². The van der Waals surface area contributed by atoms with Gasteiger partial charge < -0.3 is 102 Å². The summed E-state index contributed by atoms with van der Waals surface area (Å²) in [6.07, 6.45) is -3.38. The highest BCUT2D eigenvalue weighted by Crippen LogP contribution is 2.25. The number of benzene rings is 2. The number of aliphatic hydroxyl groups excluding tert-OH is 3. The zero-order valence-corrected chi connectivity index (χ0v) is 46.9. The molecule has 458 valence electrons. The van der Waals surface area contributed by atoms with Crippen LogP contribution in [0.3, 0.4) is 0 Å². The second-order valence-corrected chi connectivity index (χ2v) is 18.0. The maximum absolute atomic E-state index is 12.4. The third kappa shape index (κ3) is 36.0. The number of rotatable bonds is 55. The Morgan fingerprint density at radius 1 is 0.487 bits per heavy atom. The second-order valence-electron chi connectivity index (χ2n) is 18.0. The van der Waals surface area contributed by atoms with Gasteiger partial charge in [0.25, 0.3) is 0 Å². The summed E-state index contributed by atoms with van der Waals surface area (Å²) in [6.45, 7) is 13.4. The van der Waals surface area contributed by atoms with Gasteiger partial charge in [0.05, 0.1) is 178 Å². The predicted octanol–water partition coefficient (Wildman–Crippen LogP) is 1.57. The number of nitrogens with two attached hydrogens (primary N) is 1. The SMILES string of the molecule is C[C@@H]1O[C@@H](OCCOCCNC(=O)CCOCCOCCOCCOCCOCCOCCOCCOCCOCCOCCOCCOCCCC(=O)COc2ccc(-c3cccc(C(=O)CCCN)c3)cc2)[C@H](O)[C@H](O)[C@H]1O. The fourth-order valence-electron chi connectivity index (χ4n) is 7.14. The number of ether oxygens (including phenoxy) is 16. The lowest BCUT2D eigenvalue weighted by atomic mass is 9.99. The van der Waals surface area contributed by atoms with Gasteiger partial charge in [0, 0.05) is 38.0 Å². The van der Waals surface area contributed by atoms with E-state index < -0.39 is 30.7 Å². The van der Waals surface area contributed by atoms with E-state index in [9.17, 15) is 29.7 Å². The monoisotopic (exact) mass is 1140 g/mol. The van der Waals surface area contributed by atoms with Crippen molar-refractivity contribution in [1.82, 2.24) is 5.32 Å². The Balaban J connectivity index is 0.916. The number of hydrogen-bond donors (Lipinski definition) is 5. The van der Waals surface area contributed by atoms with Crippen molar-refractivity contribution in [3.8, 4) is 16.9 Å². The van der Waals surface area contributed by atoms with E-state index in [2.05, 4.69) is 5.32 Å². The average molecular weight is 1150 g/mol. The molecule has 1 amide bonds. The van der Waals surface area contributed by atoms with E-state index in [4.69, 9.17) is 81.5 Å². The van der Waals surface area contributed by atoms with Crippen molar-refractivity contribution in [1.29, 1.82) is 0 Å². The Labute approximate surface area is 471 Å². The normalized spacial score (nSPS) is 17.2. The van der Waals surface area contributed by atoms with E-state index >= 15 is 0 Å². The Kier molecular flexibility index (Phi) is 43.0. The number of Topliss-reactive ketones (excluding diaryl/α,β-unsaturated/α-hetero) is 2. The van der Waals surface area contributed by atoms with Crippen molar-refractivity contribution in [2.75, 3.05) is 198 Å². The molecule has 0 saturated carbocycles. The molecule has 1 aliphatic rings. The van der Waals surface area contributed by atoms with Gasteiger partial charge in [-0.05, 0) is 55.6 Å². The maximum atomic E-state index is 12.4. The zero-order valence-electron chi connectivity index (χ0n) is 46.9. The van der Waals surface area contributed by atoms with Crippen LogP contribution >= 0.6 is 0 Å². The molecule has 3 rings (SSSR count). The molecule has 0 aromatic heterocycles. The number of ketones is 2. The topological polar surface area (TPSA) is 298 Å². The van der Waals surface area contributed by atoms with Crippen molar-refractivity contribution in [2.45, 2.75) is 69.7 Å². The fraction of sp³-hybridized carbons (Fsp3) is 0.732. The molecule has 24 heteroatoms. The van der Waals surface area contributed by atoms with Gasteiger partial charge >= 0.3 is 0 Å². The molecule has 0 unspecified atom stereocenters. The molecular formula is C56H92N2O22. The Morgan fingerprint density at radius 3 is 1.43 bits per heavy atom. The molecule has 0 bridgehead atoms. The third-order valence-corrected chi connectivity index (χ3v) is 11.6. The van der Waals surface area contributed by atoms with Gasteiger partial charge in [-0.15, -0.1) is 0 Å². The van der Waals surface area contributed by atoms with Crippen LogP contribution in [-0.2, 0) is 80.6 Å². The highest BCUT2D eigenvalue weighted by Gasteiger charge is 2.42. The summed E-state index contributed by atoms with van der Waals surface area (Å²) in [5.41, 5.74) is 8.10. The molecule has 80 heavy (non-hydrogen) atoms. The highest BCUT2D eigenvalue weighted by atomic mass is 16.7. The molecule has 1 heterocycles. The minimum absolute atomic E-state index is 0.00312. The summed E-state index contributed by atoms with van der Waals surface area (Å²) >= 11 is 0. The molecule has 0 spiro atoms. The molecule has 1 saturated heterocycles. The molecule has 2 aromatic carbocycles. The van der Waals surface area contributed by atoms with Crippen LogP contribution in [0, 0.1) is 0 Å². The van der Waals surface area contributed by atoms with Crippen molar-refractivity contribution in [2.24, 2.45) is 5.73 Å². The number of carbonyl (C=O) groups is 3. The number of nitrogens with one attached hydrogen (secondary N) is 1. The largest absolute Gasteiger partial charge is 0.486 e. The molecule has 6 N–H and O–H groups in total. The first-order valence-electron chi connectivity index (χ1n) is 27.9. The van der Waals surface area contributed by atoms with Crippen LogP contribution in [0.5, 0.6) is 5.75 Å². The predicted molar refractivity (Wildman–Crippen MR) is 291 cm³/mol. The van der Waals surface area contributed by atoms with E-state index in [1.807, 2.05) is 48.5 Å². The molecule has 1 fully saturated rings. The van der Waals surface area contributed by atoms with E-state index in [1.54, 1.807) is 6.92 Å². The first-order chi connectivity index (χ1) is 39.2. The Bertz CT molecular complexity index is 1820. The van der Waals surface area contributed by atoms with Crippen molar-refractivity contribution < 1.29 is 105 Å². The van der Waals surface area contributed by atoms with Gasteiger partial charge in [0.15, 0.2) is 17.9 Å². The molecule has 2 aromatic rings. The molecular weight excluding hydrogens is 1050 g/mol. The van der Waals surface area contributed by atoms with Crippen molar-refractivity contribution >= 4 is 17.5 Å². The summed E-state index contributed by atoms with van der Waals surface area (Å²) < 4.78 is 87.9. The summed E-state index contributed by atoms with van der Waals surface area (Å²) in [4.78, 5) is 36.6. The minimum Gasteiger partial charge on any atom is -0.486 e. The lowest BCUT2D eigenvalue weighted by Crippen LogP contribution is -2.57. The van der Waals surface area contributed by atoms with Gasteiger partial charge in [-0.2, -0.15) is 0 Å². The lowest BCUT2D eigenvalue weighted by Gasteiger charge is -2.38. The maximum Gasteiger partial charge on any atom is 0.222 e. The van der Waals surface area contributed by atoms with Gasteiger partial charge in [0.1, 0.15) is 30.7 Å². The second kappa shape index (κ2) is 48.8. The zero-order chi connectivity index (χ0) is 57.4. The van der Waals surface area contributed by atoms with Gasteiger partial charge in [0.2, 0.25) is 5.91 Å². The molecule has 5 atom stereocenters. The van der Waals surface area contributed by atoms with Crippen LogP contribution in [0.2, 0.25) is 0 Å². The lowest BCUT2D eigenvalue weighted by molar-refractivity contribution is -0.294. The highest BCUT2D eigenvalue weighted by molar-refractivity contribution is 5.97. The van der Waals surface area contributed by atoms with Crippen molar-refractivity contribution in [3.63, 3.8) is 0 Å². The Morgan fingerprint density at radius 2 is 0.938 bits per heavy atom. The van der Waals surface area contributed by atoms with Crippen LogP contribution in [0.4, 0.5) is 0 Å². The van der Waals surface area contributed by atoms with E-state index in [0.717, 1.165) is 11.1 Å². The molecule has 1 aliphatic heterocycles. The standard InChI is InChI=1S/C56H92N2O22/c1-45-53(62)54(63)55(64)56(80-45)78-42-41-67-18-15-58-52(61)13-17-66-20-22-69-24-26-71-28-30-73-32-34-75-36-38-77-40-39-76-37-35-74-33-31-72-29-27-70-25-23-68-21-19-65-16-4-7-49(59)44-79-50-11-9-46(10-12-50)47-5-2-6-48(43-47)51(60)8-3-14-57/h2,5-6,9-12,43,45,53-56,62-64H,3-4,7-8,13-42,44,57H2,1H3,(H,58,61)/t45-,53-,54+,55+,56+/m0/s1. The first-order valence-corrected chi connectivity index (χ1v) is 27.9. The van der Waals surface area contributed by atoms with Crippen molar-refractivity contribution in [3.05, 3.63) is 54.1 Å². The van der Waals surface area contributed by atoms with Gasteiger partial charge in [-0.3, -0.25) is 14.4 Å². The quantitative estimate of drug-likeness (QED) is 0.0464. The van der Waals surface area contributed by atoms with E-state index in [0.29, 0.717) is 202 Å². The number of hydrogen-bond acceptors (Lipinski definition) is 23. The van der Waals surface area contributed by atoms with Crippen LogP contribution in [-0.4, -0.2) is 262 Å². The first kappa shape index (κ1) is 70.6. The Hall–Kier alpha value is -3.71. The molecule has 24 nitrogen and oxygen atoms in total. The fourth-order valence-corrected chi connectivity index (χ4v) is 7.14. The summed E-state index contributed by atoms with van der Waals surface area (Å²) in [5, 5.41) is 32.2. The molecule has 0 radical (unpaired) electrons. The van der Waals surface area contributed by atoms with Gasteiger partial charge in [-0.25, -0.2) is 0 Å². The van der Waals surface area contributed by atoms with Crippen LogP contribution in [0.25, 0.3) is 11.1 Å².